The van der Waals surface area contributed by atoms with Gasteiger partial charge in [0.05, 0.1) is 19.3 Å². The highest BCUT2D eigenvalue weighted by atomic mass is 16.5. The van der Waals surface area contributed by atoms with Gasteiger partial charge < -0.3 is 15.2 Å². The molecular formula is C12H23NO3. The Kier molecular flexibility index (Phi) is 5.22. The number of carbonyl (C=O) groups is 1. The Morgan fingerprint density at radius 3 is 2.25 bits per heavy atom. The second-order valence-electron chi connectivity index (χ2n) is 4.48. The molecule has 0 spiro atoms. The first-order valence-electron chi connectivity index (χ1n) is 6.11. The lowest BCUT2D eigenvalue weighted by Gasteiger charge is -2.36. The van der Waals surface area contributed by atoms with E-state index >= 15 is 0 Å². The maximum Gasteiger partial charge on any atom is 0.322 e. The Hall–Kier alpha value is -0.610. The fraction of sp³-hybridized carbons (Fsp3) is 0.917. The molecule has 94 valence electrons. The lowest BCUT2D eigenvalue weighted by Crippen LogP contribution is -2.45. The van der Waals surface area contributed by atoms with Crippen LogP contribution in [0.1, 0.15) is 39.5 Å². The van der Waals surface area contributed by atoms with Crippen LogP contribution < -0.4 is 5.73 Å². The zero-order valence-electron chi connectivity index (χ0n) is 10.4. The first kappa shape index (κ1) is 13.5. The molecule has 2 unspecified atom stereocenters. The number of nitrogens with two attached hydrogens (primary N) is 1. The minimum Gasteiger partial charge on any atom is -0.468 e. The van der Waals surface area contributed by atoms with Crippen molar-refractivity contribution in [3.05, 3.63) is 0 Å². The average molecular weight is 229 g/mol. The monoisotopic (exact) mass is 229 g/mol. The fourth-order valence-corrected chi connectivity index (χ4v) is 2.30. The number of methoxy groups -OCH3 is 1. The predicted molar refractivity (Wildman–Crippen MR) is 62.0 cm³/mol. The molecule has 2 N–H and O–H groups in total. The highest BCUT2D eigenvalue weighted by Crippen LogP contribution is 2.30. The second kappa shape index (κ2) is 6.21. The summed E-state index contributed by atoms with van der Waals surface area (Å²) in [5.41, 5.74) is 5.91. The molecule has 0 bridgehead atoms. The van der Waals surface area contributed by atoms with E-state index in [2.05, 4.69) is 13.8 Å². The van der Waals surface area contributed by atoms with Gasteiger partial charge in [-0.3, -0.25) is 4.79 Å². The summed E-state index contributed by atoms with van der Waals surface area (Å²) in [5.74, 6) is -0.118. The maximum absolute atomic E-state index is 11.4. The largest absolute Gasteiger partial charge is 0.468 e. The number of carbonyl (C=O) groups excluding carboxylic acids is 1. The van der Waals surface area contributed by atoms with Crippen LogP contribution in [-0.2, 0) is 14.3 Å². The number of hydrogen-bond donors (Lipinski definition) is 1. The van der Waals surface area contributed by atoms with Gasteiger partial charge in [-0.1, -0.05) is 13.8 Å². The Morgan fingerprint density at radius 2 is 1.88 bits per heavy atom. The summed E-state index contributed by atoms with van der Waals surface area (Å²) in [4.78, 5) is 11.4. The average Bonchev–Trinajstić information content (AvgIpc) is 2.35. The summed E-state index contributed by atoms with van der Waals surface area (Å²) in [6.07, 6.45) is 4.15. The number of rotatable bonds is 4. The van der Waals surface area contributed by atoms with Gasteiger partial charge in [-0.2, -0.15) is 0 Å². The number of esters is 1. The topological polar surface area (TPSA) is 61.6 Å². The van der Waals surface area contributed by atoms with Crippen molar-refractivity contribution in [2.75, 3.05) is 7.11 Å². The Bertz CT molecular complexity index is 220. The van der Waals surface area contributed by atoms with E-state index < -0.39 is 6.04 Å². The molecule has 4 nitrogen and oxygen atoms in total. The lowest BCUT2D eigenvalue weighted by atomic mass is 9.84. The summed E-state index contributed by atoms with van der Waals surface area (Å²) < 4.78 is 10.6. The van der Waals surface area contributed by atoms with E-state index in [1.165, 1.54) is 7.11 Å². The van der Waals surface area contributed by atoms with Crippen LogP contribution in [0.25, 0.3) is 0 Å². The van der Waals surface area contributed by atoms with Gasteiger partial charge in [-0.25, -0.2) is 0 Å². The summed E-state index contributed by atoms with van der Waals surface area (Å²) in [6, 6.07) is -0.503. The van der Waals surface area contributed by atoms with E-state index in [1.807, 2.05) is 0 Å². The van der Waals surface area contributed by atoms with Crippen molar-refractivity contribution in [3.63, 3.8) is 0 Å². The summed E-state index contributed by atoms with van der Waals surface area (Å²) in [6.45, 7) is 4.20. The molecule has 4 atom stereocenters. The van der Waals surface area contributed by atoms with Crippen LogP contribution in [0.4, 0.5) is 0 Å². The van der Waals surface area contributed by atoms with Gasteiger partial charge in [0, 0.05) is 0 Å². The molecular weight excluding hydrogens is 206 g/mol. The Morgan fingerprint density at radius 1 is 1.38 bits per heavy atom. The first-order valence-corrected chi connectivity index (χ1v) is 6.11. The predicted octanol–water partition coefficient (Wildman–Crippen LogP) is 1.47. The maximum atomic E-state index is 11.4. The van der Waals surface area contributed by atoms with Crippen molar-refractivity contribution in [2.45, 2.75) is 57.8 Å². The van der Waals surface area contributed by atoms with E-state index in [0.29, 0.717) is 0 Å². The molecule has 0 aromatic rings. The van der Waals surface area contributed by atoms with Crippen LogP contribution in [0.3, 0.4) is 0 Å². The second-order valence-corrected chi connectivity index (χ2v) is 4.48. The van der Waals surface area contributed by atoms with Gasteiger partial charge >= 0.3 is 5.97 Å². The smallest absolute Gasteiger partial charge is 0.322 e. The van der Waals surface area contributed by atoms with E-state index in [4.69, 9.17) is 15.2 Å². The standard InChI is InChI=1S/C12H23NO3/c1-4-9-6-8(7-10(5-2)16-9)11(13)12(14)15-3/h8-11H,4-7,13H2,1-3H3/t8?,9-,10+,11?. The van der Waals surface area contributed by atoms with Gasteiger partial charge in [-0.05, 0) is 31.6 Å². The Labute approximate surface area is 97.5 Å². The SMILES string of the molecule is CC[C@@H]1CC(C(N)C(=O)OC)C[C@H](CC)O1. The fourth-order valence-electron chi connectivity index (χ4n) is 2.30. The molecule has 1 fully saturated rings. The third-order valence-corrected chi connectivity index (χ3v) is 3.41. The van der Waals surface area contributed by atoms with Crippen LogP contribution >= 0.6 is 0 Å². The van der Waals surface area contributed by atoms with E-state index in [9.17, 15) is 4.79 Å². The van der Waals surface area contributed by atoms with Crippen molar-refractivity contribution >= 4 is 5.97 Å². The van der Waals surface area contributed by atoms with Crippen LogP contribution in [0.15, 0.2) is 0 Å². The third-order valence-electron chi connectivity index (χ3n) is 3.41. The van der Waals surface area contributed by atoms with E-state index in [0.717, 1.165) is 25.7 Å². The molecule has 1 saturated heterocycles. The zero-order valence-corrected chi connectivity index (χ0v) is 10.4. The van der Waals surface area contributed by atoms with Gasteiger partial charge in [0.1, 0.15) is 6.04 Å². The normalized spacial score (nSPS) is 32.1. The summed E-state index contributed by atoms with van der Waals surface area (Å²) in [5, 5.41) is 0. The Balaban J connectivity index is 2.61. The van der Waals surface area contributed by atoms with Gasteiger partial charge in [0.2, 0.25) is 0 Å². The minimum atomic E-state index is -0.503. The molecule has 1 heterocycles. The molecule has 1 aliphatic heterocycles. The van der Waals surface area contributed by atoms with Gasteiger partial charge in [0.25, 0.3) is 0 Å². The highest BCUT2D eigenvalue weighted by molar-refractivity contribution is 5.75. The van der Waals surface area contributed by atoms with Gasteiger partial charge in [0.15, 0.2) is 0 Å². The molecule has 4 heteroatoms. The molecule has 0 aromatic heterocycles. The molecule has 0 amide bonds. The summed E-state index contributed by atoms with van der Waals surface area (Å²) >= 11 is 0. The van der Waals surface area contributed by atoms with Crippen LogP contribution in [-0.4, -0.2) is 31.3 Å². The van der Waals surface area contributed by atoms with Crippen molar-refractivity contribution in [2.24, 2.45) is 11.7 Å². The van der Waals surface area contributed by atoms with Gasteiger partial charge in [-0.15, -0.1) is 0 Å². The van der Waals surface area contributed by atoms with Crippen molar-refractivity contribution in [1.29, 1.82) is 0 Å². The molecule has 0 aromatic carbocycles. The quantitative estimate of drug-likeness (QED) is 0.742. The third kappa shape index (κ3) is 3.19. The van der Waals surface area contributed by atoms with Crippen LogP contribution in [0.5, 0.6) is 0 Å². The van der Waals surface area contributed by atoms with Crippen molar-refractivity contribution < 1.29 is 14.3 Å². The molecule has 1 aliphatic rings. The van der Waals surface area contributed by atoms with E-state index in [-0.39, 0.29) is 24.1 Å². The minimum absolute atomic E-state index is 0.191. The first-order chi connectivity index (χ1) is 7.62. The zero-order chi connectivity index (χ0) is 12.1. The highest BCUT2D eigenvalue weighted by Gasteiger charge is 2.34. The number of ether oxygens (including phenoxy) is 2. The van der Waals surface area contributed by atoms with Crippen molar-refractivity contribution in [1.82, 2.24) is 0 Å². The van der Waals surface area contributed by atoms with Crippen LogP contribution in [0.2, 0.25) is 0 Å². The van der Waals surface area contributed by atoms with Crippen LogP contribution in [0, 0.1) is 5.92 Å². The molecule has 0 aliphatic carbocycles. The molecule has 0 radical (unpaired) electrons. The summed E-state index contributed by atoms with van der Waals surface area (Å²) in [7, 11) is 1.39. The van der Waals surface area contributed by atoms with Crippen molar-refractivity contribution in [3.8, 4) is 0 Å². The molecule has 1 rings (SSSR count). The number of hydrogen-bond acceptors (Lipinski definition) is 4. The van der Waals surface area contributed by atoms with E-state index in [1.54, 1.807) is 0 Å². The molecule has 16 heavy (non-hydrogen) atoms. The molecule has 0 saturated carbocycles. The lowest BCUT2D eigenvalue weighted by molar-refractivity contribution is -0.146.